The smallest absolute Gasteiger partial charge is 0.292 e. The first-order valence-electron chi connectivity index (χ1n) is 4.68. The molecule has 0 aliphatic carbocycles. The fraction of sp³-hybridized carbons (Fsp3) is 0.333. The Hall–Kier alpha value is -1.77. The van der Waals surface area contributed by atoms with Gasteiger partial charge in [-0.3, -0.25) is 10.1 Å². The summed E-state index contributed by atoms with van der Waals surface area (Å²) in [6.07, 6.45) is -3.05. The molecule has 0 saturated heterocycles. The first-order chi connectivity index (χ1) is 7.88. The monoisotopic (exact) mass is 245 g/mol. The maximum Gasteiger partial charge on any atom is 0.292 e. The molecule has 0 spiro atoms. The van der Waals surface area contributed by atoms with Crippen LogP contribution in [0.25, 0.3) is 0 Å². The number of halogens is 1. The topological polar surface area (TPSA) is 136 Å². The number of hydrogen-bond acceptors (Lipinski definition) is 6. The van der Waals surface area contributed by atoms with Gasteiger partial charge in [-0.15, -0.1) is 0 Å². The zero-order chi connectivity index (χ0) is 13.2. The predicted molar refractivity (Wildman–Crippen MR) is 57.5 cm³/mol. The van der Waals surface area contributed by atoms with Crippen LogP contribution in [-0.2, 0) is 0 Å². The van der Waals surface area contributed by atoms with E-state index in [4.69, 9.17) is 11.5 Å². The maximum atomic E-state index is 13.4. The fourth-order valence-electron chi connectivity index (χ4n) is 1.31. The van der Waals surface area contributed by atoms with Gasteiger partial charge in [-0.05, 0) is 0 Å². The molecule has 6 N–H and O–H groups in total. The molecule has 2 atom stereocenters. The van der Waals surface area contributed by atoms with Crippen LogP contribution in [-0.4, -0.2) is 27.8 Å². The molecule has 0 aromatic heterocycles. The number of nitro groups is 1. The third-order valence-corrected chi connectivity index (χ3v) is 2.27. The van der Waals surface area contributed by atoms with Crippen molar-refractivity contribution in [2.24, 2.45) is 5.73 Å². The summed E-state index contributed by atoms with van der Waals surface area (Å²) in [7, 11) is 0. The number of nitrogens with two attached hydrogens (primary N) is 2. The number of benzene rings is 1. The summed E-state index contributed by atoms with van der Waals surface area (Å²) < 4.78 is 13.4. The second-order valence-electron chi connectivity index (χ2n) is 3.44. The van der Waals surface area contributed by atoms with Crippen molar-refractivity contribution in [3.05, 3.63) is 33.6 Å². The number of nitro benzene ring substituents is 1. The number of aliphatic hydroxyl groups excluding tert-OH is 2. The molecule has 0 aliphatic heterocycles. The molecular formula is C9H12FN3O4. The molecule has 0 saturated carbocycles. The van der Waals surface area contributed by atoms with Crippen LogP contribution in [0.1, 0.15) is 11.7 Å². The van der Waals surface area contributed by atoms with E-state index >= 15 is 0 Å². The van der Waals surface area contributed by atoms with E-state index in [1.54, 1.807) is 0 Å². The lowest BCUT2D eigenvalue weighted by Crippen LogP contribution is -2.27. The number of nitrogen functional groups attached to an aromatic ring is 1. The van der Waals surface area contributed by atoms with Crippen LogP contribution in [0.2, 0.25) is 0 Å². The Morgan fingerprint density at radius 3 is 2.53 bits per heavy atom. The number of rotatable bonds is 4. The average Bonchev–Trinajstić information content (AvgIpc) is 2.26. The quantitative estimate of drug-likeness (QED) is 0.326. The van der Waals surface area contributed by atoms with Gasteiger partial charge in [0.2, 0.25) is 0 Å². The van der Waals surface area contributed by atoms with Crippen molar-refractivity contribution in [1.82, 2.24) is 0 Å². The first-order valence-corrected chi connectivity index (χ1v) is 4.68. The van der Waals surface area contributed by atoms with Crippen LogP contribution in [0.3, 0.4) is 0 Å². The van der Waals surface area contributed by atoms with Gasteiger partial charge < -0.3 is 21.7 Å². The lowest BCUT2D eigenvalue weighted by atomic mass is 10.0. The van der Waals surface area contributed by atoms with E-state index in [9.17, 15) is 24.7 Å². The molecule has 2 unspecified atom stereocenters. The van der Waals surface area contributed by atoms with E-state index in [0.29, 0.717) is 0 Å². The standard InChI is InChI=1S/C9H12FN3O4/c10-5-2-6(12)7(13(16)17)1-4(5)9(15)8(14)3-11/h1-2,8-9,14-15H,3,11-12H2. The van der Waals surface area contributed by atoms with Crippen LogP contribution >= 0.6 is 0 Å². The molecule has 0 amide bonds. The van der Waals surface area contributed by atoms with Gasteiger partial charge in [0.25, 0.3) is 5.69 Å². The van der Waals surface area contributed by atoms with Gasteiger partial charge in [0.1, 0.15) is 17.6 Å². The average molecular weight is 245 g/mol. The molecule has 0 heterocycles. The minimum Gasteiger partial charge on any atom is -0.393 e. The maximum absolute atomic E-state index is 13.4. The first kappa shape index (κ1) is 13.3. The number of nitrogens with zero attached hydrogens (tertiary/aromatic N) is 1. The summed E-state index contributed by atoms with van der Waals surface area (Å²) in [5.41, 5.74) is 9.04. The molecule has 1 aromatic carbocycles. The van der Waals surface area contributed by atoms with E-state index in [1.165, 1.54) is 0 Å². The SMILES string of the molecule is NCC(O)C(O)c1cc([N+](=O)[O-])c(N)cc1F. The molecule has 17 heavy (non-hydrogen) atoms. The summed E-state index contributed by atoms with van der Waals surface area (Å²) in [5.74, 6) is -0.937. The van der Waals surface area contributed by atoms with Gasteiger partial charge in [-0.2, -0.15) is 0 Å². The molecule has 0 aliphatic rings. The Bertz CT molecular complexity index is 440. The van der Waals surface area contributed by atoms with Crippen LogP contribution in [0, 0.1) is 15.9 Å². The fourth-order valence-corrected chi connectivity index (χ4v) is 1.31. The van der Waals surface area contributed by atoms with Crippen molar-refractivity contribution in [1.29, 1.82) is 0 Å². The van der Waals surface area contributed by atoms with Gasteiger partial charge in [0.15, 0.2) is 0 Å². The highest BCUT2D eigenvalue weighted by Gasteiger charge is 2.24. The molecule has 0 radical (unpaired) electrons. The van der Waals surface area contributed by atoms with Gasteiger partial charge >= 0.3 is 0 Å². The minimum absolute atomic E-state index is 0.307. The minimum atomic E-state index is -1.64. The Morgan fingerprint density at radius 1 is 1.47 bits per heavy atom. The zero-order valence-electron chi connectivity index (χ0n) is 8.71. The van der Waals surface area contributed by atoms with Crippen LogP contribution < -0.4 is 11.5 Å². The Balaban J connectivity index is 3.24. The lowest BCUT2D eigenvalue weighted by molar-refractivity contribution is -0.384. The number of aliphatic hydroxyl groups is 2. The third kappa shape index (κ3) is 2.67. The van der Waals surface area contributed by atoms with Crippen molar-refractivity contribution in [3.8, 4) is 0 Å². The highest BCUT2D eigenvalue weighted by Crippen LogP contribution is 2.29. The van der Waals surface area contributed by atoms with Crippen molar-refractivity contribution in [2.45, 2.75) is 12.2 Å². The molecule has 1 aromatic rings. The normalized spacial score (nSPS) is 14.4. The van der Waals surface area contributed by atoms with Crippen LogP contribution in [0.15, 0.2) is 12.1 Å². The second-order valence-corrected chi connectivity index (χ2v) is 3.44. The van der Waals surface area contributed by atoms with E-state index in [-0.39, 0.29) is 12.2 Å². The highest BCUT2D eigenvalue weighted by molar-refractivity contribution is 5.60. The summed E-state index contributed by atoms with van der Waals surface area (Å²) in [4.78, 5) is 9.78. The number of anilines is 1. The van der Waals surface area contributed by atoms with Crippen LogP contribution in [0.4, 0.5) is 15.8 Å². The van der Waals surface area contributed by atoms with Crippen LogP contribution in [0.5, 0.6) is 0 Å². The van der Waals surface area contributed by atoms with Crippen molar-refractivity contribution in [2.75, 3.05) is 12.3 Å². The van der Waals surface area contributed by atoms with Crippen molar-refractivity contribution >= 4 is 11.4 Å². The van der Waals surface area contributed by atoms with Gasteiger partial charge in [0.05, 0.1) is 11.0 Å². The Labute approximate surface area is 95.6 Å². The Morgan fingerprint density at radius 2 is 2.06 bits per heavy atom. The molecule has 0 fully saturated rings. The highest BCUT2D eigenvalue weighted by atomic mass is 19.1. The predicted octanol–water partition coefficient (Wildman–Crippen LogP) is -0.331. The summed E-state index contributed by atoms with van der Waals surface area (Å²) in [5, 5.41) is 29.4. The van der Waals surface area contributed by atoms with Gasteiger partial charge in [-0.1, -0.05) is 0 Å². The van der Waals surface area contributed by atoms with E-state index in [1.807, 2.05) is 0 Å². The van der Waals surface area contributed by atoms with Crippen molar-refractivity contribution < 1.29 is 19.5 Å². The molecule has 7 nitrogen and oxygen atoms in total. The summed E-state index contributed by atoms with van der Waals surface area (Å²) in [6, 6.07) is 1.51. The summed E-state index contributed by atoms with van der Waals surface area (Å²) in [6.45, 7) is -0.307. The summed E-state index contributed by atoms with van der Waals surface area (Å²) >= 11 is 0. The molecule has 1 rings (SSSR count). The van der Waals surface area contributed by atoms with E-state index < -0.39 is 34.2 Å². The van der Waals surface area contributed by atoms with Crippen molar-refractivity contribution in [3.63, 3.8) is 0 Å². The zero-order valence-corrected chi connectivity index (χ0v) is 8.71. The largest absolute Gasteiger partial charge is 0.393 e. The molecule has 94 valence electrons. The molecule has 8 heteroatoms. The van der Waals surface area contributed by atoms with Gasteiger partial charge in [-0.25, -0.2) is 4.39 Å². The lowest BCUT2D eigenvalue weighted by Gasteiger charge is -2.17. The second kappa shape index (κ2) is 5.04. The Kier molecular flexibility index (Phi) is 3.94. The van der Waals surface area contributed by atoms with Gasteiger partial charge in [0, 0.05) is 24.2 Å². The van der Waals surface area contributed by atoms with E-state index in [0.717, 1.165) is 12.1 Å². The molecular weight excluding hydrogens is 233 g/mol. The number of hydrogen-bond donors (Lipinski definition) is 4. The third-order valence-electron chi connectivity index (χ3n) is 2.27. The molecule has 0 bridgehead atoms. The van der Waals surface area contributed by atoms with E-state index in [2.05, 4.69) is 0 Å².